The Balaban J connectivity index is 2.33. The minimum Gasteiger partial charge on any atom is -0.479 e. The minimum absolute atomic E-state index is 0.0732. The van der Waals surface area contributed by atoms with E-state index in [1.165, 1.54) is 11.8 Å². The molecule has 1 aliphatic rings. The van der Waals surface area contributed by atoms with Crippen molar-refractivity contribution in [1.82, 2.24) is 15.2 Å². The van der Waals surface area contributed by atoms with Gasteiger partial charge in [0.15, 0.2) is 5.54 Å². The number of rotatable bonds is 2. The molecule has 1 amide bonds. The van der Waals surface area contributed by atoms with Gasteiger partial charge in [-0.1, -0.05) is 11.6 Å². The number of hydrogen-bond acceptors (Lipinski definition) is 5. The predicted octanol–water partition coefficient (Wildman–Crippen LogP) is 3.22. The standard InChI is InChI=1S/C16H21BrClN3O4/c1-15(2,3)25-14(24)21-7-10(19-8-16(21,4)13(22)23)9-5-11(17)20-12(18)6-9/h5-6,10,19H,7-8H2,1-4H3,(H,22,23)/t10-,16+/m1/s1. The first-order valence-corrected chi connectivity index (χ1v) is 8.90. The summed E-state index contributed by atoms with van der Waals surface area (Å²) in [7, 11) is 0. The number of carbonyl (C=O) groups excluding carboxylic acids is 1. The average Bonchev–Trinajstić information content (AvgIpc) is 2.44. The van der Waals surface area contributed by atoms with Gasteiger partial charge in [-0.05, 0) is 61.3 Å². The Kier molecular flexibility index (Phi) is 5.65. The quantitative estimate of drug-likeness (QED) is 0.694. The summed E-state index contributed by atoms with van der Waals surface area (Å²) in [5.41, 5.74) is -1.33. The van der Waals surface area contributed by atoms with E-state index in [1.54, 1.807) is 32.9 Å². The molecule has 25 heavy (non-hydrogen) atoms. The van der Waals surface area contributed by atoms with Crippen LogP contribution in [0.1, 0.15) is 39.3 Å². The molecule has 2 atom stereocenters. The second-order valence-corrected chi connectivity index (χ2v) is 8.35. The molecule has 1 saturated heterocycles. The fraction of sp³-hybridized carbons (Fsp3) is 0.562. The number of pyridine rings is 1. The van der Waals surface area contributed by atoms with Gasteiger partial charge in [0.1, 0.15) is 15.4 Å². The van der Waals surface area contributed by atoms with Crippen LogP contribution in [0.2, 0.25) is 5.15 Å². The number of halogens is 2. The summed E-state index contributed by atoms with van der Waals surface area (Å²) >= 11 is 9.28. The Morgan fingerprint density at radius 1 is 1.48 bits per heavy atom. The molecule has 0 radical (unpaired) electrons. The summed E-state index contributed by atoms with van der Waals surface area (Å²) in [4.78, 5) is 29.7. The molecule has 7 nitrogen and oxygen atoms in total. The monoisotopic (exact) mass is 433 g/mol. The molecule has 1 fully saturated rings. The van der Waals surface area contributed by atoms with Gasteiger partial charge in [-0.15, -0.1) is 0 Å². The summed E-state index contributed by atoms with van der Waals surface area (Å²) in [6.45, 7) is 6.92. The van der Waals surface area contributed by atoms with Crippen LogP contribution in [0.15, 0.2) is 16.7 Å². The third-order valence-corrected chi connectivity index (χ3v) is 4.52. The first kappa shape index (κ1) is 19.9. The lowest BCUT2D eigenvalue weighted by molar-refractivity contribution is -0.152. The number of piperazine rings is 1. The van der Waals surface area contributed by atoms with Crippen molar-refractivity contribution in [2.24, 2.45) is 0 Å². The van der Waals surface area contributed by atoms with Crippen molar-refractivity contribution in [3.05, 3.63) is 27.5 Å². The van der Waals surface area contributed by atoms with Crippen molar-refractivity contribution < 1.29 is 19.4 Å². The van der Waals surface area contributed by atoms with Crippen LogP contribution in [-0.2, 0) is 9.53 Å². The van der Waals surface area contributed by atoms with Crippen LogP contribution in [-0.4, -0.2) is 51.3 Å². The molecule has 0 unspecified atom stereocenters. The summed E-state index contributed by atoms with van der Waals surface area (Å²) in [5.74, 6) is -1.10. The lowest BCUT2D eigenvalue weighted by Gasteiger charge is -2.45. The number of carboxylic acid groups (broad SMARTS) is 1. The van der Waals surface area contributed by atoms with Gasteiger partial charge in [-0.25, -0.2) is 14.6 Å². The number of aliphatic carboxylic acids is 1. The zero-order valence-electron chi connectivity index (χ0n) is 14.5. The van der Waals surface area contributed by atoms with Crippen LogP contribution in [0.5, 0.6) is 0 Å². The maximum atomic E-state index is 12.6. The summed E-state index contributed by atoms with van der Waals surface area (Å²) in [6.07, 6.45) is -0.664. The zero-order valence-corrected chi connectivity index (χ0v) is 16.8. The lowest BCUT2D eigenvalue weighted by Crippen LogP contribution is -2.66. The molecule has 1 aliphatic heterocycles. The number of carboxylic acids is 1. The van der Waals surface area contributed by atoms with Gasteiger partial charge in [0.2, 0.25) is 0 Å². The smallest absolute Gasteiger partial charge is 0.411 e. The van der Waals surface area contributed by atoms with Gasteiger partial charge >= 0.3 is 12.1 Å². The molecule has 9 heteroatoms. The summed E-state index contributed by atoms with van der Waals surface area (Å²) in [6, 6.07) is 3.16. The Bertz CT molecular complexity index is 674. The zero-order chi connectivity index (χ0) is 19.0. The number of nitrogens with zero attached hydrogens (tertiary/aromatic N) is 2. The predicted molar refractivity (Wildman–Crippen MR) is 96.7 cm³/mol. The first-order chi connectivity index (χ1) is 11.4. The molecule has 0 saturated carbocycles. The molecule has 0 aromatic carbocycles. The van der Waals surface area contributed by atoms with Crippen LogP contribution in [0.25, 0.3) is 0 Å². The maximum Gasteiger partial charge on any atom is 0.411 e. The van der Waals surface area contributed by atoms with Crippen molar-refractivity contribution in [3.63, 3.8) is 0 Å². The van der Waals surface area contributed by atoms with E-state index in [1.807, 2.05) is 0 Å². The Morgan fingerprint density at radius 3 is 2.64 bits per heavy atom. The third kappa shape index (κ3) is 4.62. The Morgan fingerprint density at radius 2 is 2.12 bits per heavy atom. The van der Waals surface area contributed by atoms with Crippen molar-refractivity contribution >= 4 is 39.6 Å². The number of aromatic nitrogens is 1. The van der Waals surface area contributed by atoms with Gasteiger partial charge in [0, 0.05) is 13.1 Å². The van der Waals surface area contributed by atoms with Crippen molar-refractivity contribution in [3.8, 4) is 0 Å². The minimum atomic E-state index is -1.41. The molecule has 0 aliphatic carbocycles. The summed E-state index contributed by atoms with van der Waals surface area (Å²) in [5, 5.41) is 13.1. The van der Waals surface area contributed by atoms with E-state index < -0.39 is 23.2 Å². The molecular formula is C16H21BrClN3O4. The van der Waals surface area contributed by atoms with Crippen molar-refractivity contribution in [2.45, 2.75) is 44.9 Å². The van der Waals surface area contributed by atoms with Gasteiger partial charge in [0.25, 0.3) is 0 Å². The van der Waals surface area contributed by atoms with E-state index in [-0.39, 0.29) is 19.1 Å². The molecular weight excluding hydrogens is 414 g/mol. The fourth-order valence-corrected chi connectivity index (χ4v) is 3.33. The van der Waals surface area contributed by atoms with Crippen LogP contribution in [0, 0.1) is 0 Å². The van der Waals surface area contributed by atoms with Crippen molar-refractivity contribution in [2.75, 3.05) is 13.1 Å². The number of ether oxygens (including phenoxy) is 1. The lowest BCUT2D eigenvalue weighted by atomic mass is 9.93. The summed E-state index contributed by atoms with van der Waals surface area (Å²) < 4.78 is 5.96. The molecule has 0 bridgehead atoms. The number of hydrogen-bond donors (Lipinski definition) is 2. The molecule has 0 spiro atoms. The molecule has 2 heterocycles. The second kappa shape index (κ2) is 7.09. The molecule has 2 N–H and O–H groups in total. The number of nitrogens with one attached hydrogen (secondary N) is 1. The van der Waals surface area contributed by atoms with E-state index in [4.69, 9.17) is 16.3 Å². The first-order valence-electron chi connectivity index (χ1n) is 7.73. The molecule has 2 rings (SSSR count). The Labute approximate surface area is 159 Å². The molecule has 1 aromatic rings. The topological polar surface area (TPSA) is 91.8 Å². The second-order valence-electron chi connectivity index (χ2n) is 7.15. The van der Waals surface area contributed by atoms with E-state index in [2.05, 4.69) is 26.2 Å². The van der Waals surface area contributed by atoms with Crippen LogP contribution in [0.3, 0.4) is 0 Å². The molecule has 1 aromatic heterocycles. The Hall–Kier alpha value is -1.38. The van der Waals surface area contributed by atoms with Crippen LogP contribution < -0.4 is 5.32 Å². The average molecular weight is 435 g/mol. The van der Waals surface area contributed by atoms with Gasteiger partial charge < -0.3 is 15.2 Å². The van der Waals surface area contributed by atoms with Gasteiger partial charge in [-0.2, -0.15) is 0 Å². The van der Waals surface area contributed by atoms with E-state index >= 15 is 0 Å². The fourth-order valence-electron chi connectivity index (χ4n) is 2.56. The largest absolute Gasteiger partial charge is 0.479 e. The van der Waals surface area contributed by atoms with E-state index in [9.17, 15) is 14.7 Å². The normalized spacial score (nSPS) is 24.1. The van der Waals surface area contributed by atoms with E-state index in [0.29, 0.717) is 9.76 Å². The van der Waals surface area contributed by atoms with Gasteiger partial charge in [0.05, 0.1) is 6.04 Å². The van der Waals surface area contributed by atoms with Crippen molar-refractivity contribution in [1.29, 1.82) is 0 Å². The highest BCUT2D eigenvalue weighted by molar-refractivity contribution is 9.10. The SMILES string of the molecule is CC(C)(C)OC(=O)N1C[C@H](c2cc(Cl)nc(Br)c2)NC[C@@]1(C)C(=O)O. The maximum absolute atomic E-state index is 12.6. The number of carbonyl (C=O) groups is 2. The highest BCUT2D eigenvalue weighted by atomic mass is 79.9. The highest BCUT2D eigenvalue weighted by Gasteiger charge is 2.48. The molecule has 138 valence electrons. The number of amides is 1. The van der Waals surface area contributed by atoms with Gasteiger partial charge in [-0.3, -0.25) is 4.90 Å². The van der Waals surface area contributed by atoms with Crippen LogP contribution in [0.4, 0.5) is 4.79 Å². The highest BCUT2D eigenvalue weighted by Crippen LogP contribution is 2.30. The van der Waals surface area contributed by atoms with E-state index in [0.717, 1.165) is 5.56 Å². The van der Waals surface area contributed by atoms with Crippen LogP contribution >= 0.6 is 27.5 Å². The third-order valence-electron chi connectivity index (χ3n) is 3.92.